The quantitative estimate of drug-likeness (QED) is 0.185. The number of nitrogens with zero attached hydrogens (tertiary/aromatic N) is 6. The molecule has 2 fully saturated rings. The lowest BCUT2D eigenvalue weighted by molar-refractivity contribution is -0.189. The summed E-state index contributed by atoms with van der Waals surface area (Å²) in [5, 5.41) is 1.04. The summed E-state index contributed by atoms with van der Waals surface area (Å²) < 4.78 is 23.0. The van der Waals surface area contributed by atoms with Crippen LogP contribution in [-0.4, -0.2) is 64.6 Å². The second-order valence-electron chi connectivity index (χ2n) is 11.3. The number of benzene rings is 3. The molecule has 5 aromatic rings. The Balaban J connectivity index is 0.935. The van der Waals surface area contributed by atoms with Gasteiger partial charge in [-0.05, 0) is 67.6 Å². The maximum absolute atomic E-state index is 6.60. The molecule has 11 heteroatoms. The van der Waals surface area contributed by atoms with Gasteiger partial charge in [0.15, 0.2) is 0 Å². The number of anilines is 2. The number of aryl methyl sites for hydroxylation is 1. The number of rotatable bonds is 9. The molecule has 0 amide bonds. The van der Waals surface area contributed by atoms with Crippen LogP contribution in [0, 0.1) is 6.92 Å². The molecular formula is C34H34Cl2N6O3. The Kier molecular flexibility index (Phi) is 8.42. The molecule has 2 aromatic heterocycles. The molecule has 2 atom stereocenters. The molecule has 0 radical (unpaired) electrons. The highest BCUT2D eigenvalue weighted by Crippen LogP contribution is 2.40. The fourth-order valence-electron chi connectivity index (χ4n) is 6.02. The zero-order chi connectivity index (χ0) is 30.8. The van der Waals surface area contributed by atoms with Crippen LogP contribution in [0.2, 0.25) is 10.0 Å². The van der Waals surface area contributed by atoms with Gasteiger partial charge >= 0.3 is 0 Å². The molecule has 0 N–H and O–H groups in total. The van der Waals surface area contributed by atoms with Crippen molar-refractivity contribution in [2.75, 3.05) is 49.2 Å². The molecule has 2 aliphatic heterocycles. The fraction of sp³-hybridized carbons (Fsp3) is 0.294. The van der Waals surface area contributed by atoms with Crippen molar-refractivity contribution in [2.24, 2.45) is 0 Å². The normalized spacial score (nSPS) is 20.1. The van der Waals surface area contributed by atoms with Gasteiger partial charge < -0.3 is 33.1 Å². The Labute approximate surface area is 272 Å². The molecule has 0 saturated carbocycles. The monoisotopic (exact) mass is 644 g/mol. The van der Waals surface area contributed by atoms with Crippen molar-refractivity contribution in [1.29, 1.82) is 0 Å². The van der Waals surface area contributed by atoms with Gasteiger partial charge in [-0.2, -0.15) is 0 Å². The lowest BCUT2D eigenvalue weighted by atomic mass is 10.1. The van der Waals surface area contributed by atoms with Crippen LogP contribution >= 0.6 is 23.2 Å². The van der Waals surface area contributed by atoms with E-state index in [0.717, 1.165) is 49.0 Å². The van der Waals surface area contributed by atoms with E-state index in [9.17, 15) is 0 Å². The zero-order valence-electron chi connectivity index (χ0n) is 24.9. The fourth-order valence-corrected chi connectivity index (χ4v) is 6.57. The van der Waals surface area contributed by atoms with Crippen molar-refractivity contribution in [3.63, 3.8) is 0 Å². The molecule has 45 heavy (non-hydrogen) atoms. The SMILES string of the molecule is Cc1nccn1-c1ccc(N2CCN(c3ccc(OC[C@@H]4CO[C@@](Cn5ccnc5)(c5ccc(Cl)cc5Cl)O4)cc3)CC2)cc1. The van der Waals surface area contributed by atoms with Crippen molar-refractivity contribution in [3.8, 4) is 11.4 Å². The first-order chi connectivity index (χ1) is 22.0. The predicted octanol–water partition coefficient (Wildman–Crippen LogP) is 6.36. The predicted molar refractivity (Wildman–Crippen MR) is 176 cm³/mol. The van der Waals surface area contributed by atoms with E-state index in [-0.39, 0.29) is 6.10 Å². The Morgan fingerprint density at radius 1 is 0.867 bits per heavy atom. The molecule has 2 aliphatic rings. The minimum Gasteiger partial charge on any atom is -0.491 e. The third-order valence-corrected chi connectivity index (χ3v) is 8.93. The van der Waals surface area contributed by atoms with E-state index in [1.54, 1.807) is 24.7 Å². The standard InChI is InChI=1S/C34H34Cl2N6O3/c1-25-38-13-15-42(25)29-5-3-27(4-6-29)40-16-18-41(19-17-40)28-7-9-30(10-8-28)43-21-31-22-44-34(45-31,23-39-14-12-37-24-39)32-11-2-26(35)20-33(32)36/h2-15,20,24,31H,16-19,21-23H2,1H3/t31-,34-/m1/s1. The van der Waals surface area contributed by atoms with Crippen LogP contribution in [0.4, 0.5) is 11.4 Å². The van der Waals surface area contributed by atoms with Crippen molar-refractivity contribution in [2.45, 2.75) is 25.4 Å². The van der Waals surface area contributed by atoms with E-state index >= 15 is 0 Å². The summed E-state index contributed by atoms with van der Waals surface area (Å²) >= 11 is 12.8. The first-order valence-corrected chi connectivity index (χ1v) is 15.8. The Morgan fingerprint density at radius 3 is 2.18 bits per heavy atom. The number of piperazine rings is 1. The van der Waals surface area contributed by atoms with Gasteiger partial charge in [0.1, 0.15) is 24.3 Å². The highest BCUT2D eigenvalue weighted by molar-refractivity contribution is 6.35. The second-order valence-corrected chi connectivity index (χ2v) is 12.1. The summed E-state index contributed by atoms with van der Waals surface area (Å²) in [5.41, 5.74) is 4.27. The van der Waals surface area contributed by atoms with Gasteiger partial charge in [0.05, 0.1) is 24.5 Å². The molecular weight excluding hydrogens is 611 g/mol. The van der Waals surface area contributed by atoms with Crippen molar-refractivity contribution in [3.05, 3.63) is 119 Å². The van der Waals surface area contributed by atoms with E-state index < -0.39 is 5.79 Å². The number of ether oxygens (including phenoxy) is 3. The number of halogens is 2. The van der Waals surface area contributed by atoms with E-state index in [2.05, 4.69) is 60.7 Å². The summed E-state index contributed by atoms with van der Waals surface area (Å²) in [4.78, 5) is 13.3. The number of imidazole rings is 2. The van der Waals surface area contributed by atoms with E-state index in [1.165, 1.54) is 11.4 Å². The largest absolute Gasteiger partial charge is 0.491 e. The Morgan fingerprint density at radius 2 is 1.56 bits per heavy atom. The summed E-state index contributed by atoms with van der Waals surface area (Å²) in [7, 11) is 0. The zero-order valence-corrected chi connectivity index (χ0v) is 26.4. The molecule has 232 valence electrons. The summed E-state index contributed by atoms with van der Waals surface area (Å²) in [5.74, 6) is 0.687. The third-order valence-electron chi connectivity index (χ3n) is 8.39. The molecule has 2 saturated heterocycles. The minimum absolute atomic E-state index is 0.286. The highest BCUT2D eigenvalue weighted by Gasteiger charge is 2.45. The first-order valence-electron chi connectivity index (χ1n) is 15.0. The average Bonchev–Trinajstić information content (AvgIpc) is 3.83. The Bertz CT molecular complexity index is 1720. The van der Waals surface area contributed by atoms with Gasteiger partial charge in [0.25, 0.3) is 0 Å². The molecule has 0 spiro atoms. The molecule has 9 nitrogen and oxygen atoms in total. The van der Waals surface area contributed by atoms with E-state index in [0.29, 0.717) is 29.8 Å². The average molecular weight is 646 g/mol. The summed E-state index contributed by atoms with van der Waals surface area (Å²) in [6.07, 6.45) is 8.85. The van der Waals surface area contributed by atoms with Gasteiger partial charge in [0, 0.05) is 78.6 Å². The van der Waals surface area contributed by atoms with Gasteiger partial charge in [-0.1, -0.05) is 29.3 Å². The van der Waals surface area contributed by atoms with Crippen molar-refractivity contribution >= 4 is 34.6 Å². The smallest absolute Gasteiger partial charge is 0.215 e. The molecule has 0 unspecified atom stereocenters. The maximum atomic E-state index is 6.60. The van der Waals surface area contributed by atoms with Gasteiger partial charge in [-0.15, -0.1) is 0 Å². The molecule has 0 aliphatic carbocycles. The number of aromatic nitrogens is 4. The van der Waals surface area contributed by atoms with Crippen LogP contribution in [0.3, 0.4) is 0 Å². The van der Waals surface area contributed by atoms with Crippen LogP contribution in [0.1, 0.15) is 11.4 Å². The summed E-state index contributed by atoms with van der Waals surface area (Å²) in [6.45, 7) is 6.92. The topological polar surface area (TPSA) is 69.8 Å². The molecule has 3 aromatic carbocycles. The van der Waals surface area contributed by atoms with Crippen LogP contribution in [0.5, 0.6) is 5.75 Å². The van der Waals surface area contributed by atoms with E-state index in [1.807, 2.05) is 48.3 Å². The van der Waals surface area contributed by atoms with E-state index in [4.69, 9.17) is 37.4 Å². The molecule has 7 rings (SSSR count). The summed E-state index contributed by atoms with van der Waals surface area (Å²) in [6, 6.07) is 22.3. The first kappa shape index (κ1) is 29.7. The van der Waals surface area contributed by atoms with Crippen LogP contribution in [0.25, 0.3) is 5.69 Å². The van der Waals surface area contributed by atoms with Crippen LogP contribution in [-0.2, 0) is 21.8 Å². The lowest BCUT2D eigenvalue weighted by Crippen LogP contribution is -2.46. The van der Waals surface area contributed by atoms with Crippen LogP contribution in [0.15, 0.2) is 97.8 Å². The number of hydrogen-bond acceptors (Lipinski definition) is 7. The highest BCUT2D eigenvalue weighted by atomic mass is 35.5. The van der Waals surface area contributed by atoms with Gasteiger partial charge in [0.2, 0.25) is 5.79 Å². The lowest BCUT2D eigenvalue weighted by Gasteiger charge is -2.37. The van der Waals surface area contributed by atoms with Crippen molar-refractivity contribution < 1.29 is 14.2 Å². The van der Waals surface area contributed by atoms with Gasteiger partial charge in [-0.25, -0.2) is 9.97 Å². The third kappa shape index (κ3) is 6.39. The molecule has 4 heterocycles. The minimum atomic E-state index is -1.08. The Hall–Kier alpha value is -4.02. The second kappa shape index (κ2) is 12.8. The van der Waals surface area contributed by atoms with Crippen molar-refractivity contribution in [1.82, 2.24) is 19.1 Å². The van der Waals surface area contributed by atoms with Crippen LogP contribution < -0.4 is 14.5 Å². The number of hydrogen-bond donors (Lipinski definition) is 0. The maximum Gasteiger partial charge on any atom is 0.215 e. The van der Waals surface area contributed by atoms with Gasteiger partial charge in [-0.3, -0.25) is 0 Å². The molecule has 0 bridgehead atoms.